The second-order valence-electron chi connectivity index (χ2n) is 10.1. The number of sulfonamides is 1. The van der Waals surface area contributed by atoms with Gasteiger partial charge in [-0.3, -0.25) is 10.1 Å². The first-order valence-electron chi connectivity index (χ1n) is 12.4. The maximum Gasteiger partial charge on any atom is 0.413 e. The summed E-state index contributed by atoms with van der Waals surface area (Å²) < 4.78 is 43.9. The third-order valence-electron chi connectivity index (χ3n) is 5.69. The quantitative estimate of drug-likeness (QED) is 0.292. The molecule has 0 aliphatic carbocycles. The highest BCUT2D eigenvalue weighted by atomic mass is 35.5. The third kappa shape index (κ3) is 7.06. The Hall–Kier alpha value is -4.43. The van der Waals surface area contributed by atoms with Gasteiger partial charge in [-0.25, -0.2) is 27.9 Å². The average Bonchev–Trinajstić information content (AvgIpc) is 3.19. The Morgan fingerprint density at radius 3 is 2.45 bits per heavy atom. The minimum absolute atomic E-state index is 0.0248. The SMILES string of the molecule is COc1ncc(-c2c(C(=O)NS(C)(=O)=O)n(Cc3ccnc(NC(=O)OC(C)(C)C)c3)c3ccc(Cl)cc23)c(OC)n1. The van der Waals surface area contributed by atoms with Crippen molar-refractivity contribution in [1.29, 1.82) is 0 Å². The molecular weight excluding hydrogens is 588 g/mol. The van der Waals surface area contributed by atoms with Gasteiger partial charge in [-0.15, -0.1) is 0 Å². The molecule has 0 aliphatic rings. The van der Waals surface area contributed by atoms with Crippen molar-refractivity contribution in [1.82, 2.24) is 24.2 Å². The van der Waals surface area contributed by atoms with Crippen LogP contribution in [0, 0.1) is 0 Å². The van der Waals surface area contributed by atoms with Crippen LogP contribution in [0.2, 0.25) is 5.02 Å². The molecule has 13 nitrogen and oxygen atoms in total. The first-order valence-corrected chi connectivity index (χ1v) is 14.7. The zero-order valence-corrected chi connectivity index (χ0v) is 25.3. The zero-order valence-electron chi connectivity index (χ0n) is 23.7. The van der Waals surface area contributed by atoms with Crippen LogP contribution in [0.25, 0.3) is 22.0 Å². The molecule has 15 heteroatoms. The van der Waals surface area contributed by atoms with E-state index in [1.807, 2.05) is 0 Å². The van der Waals surface area contributed by atoms with Gasteiger partial charge < -0.3 is 18.8 Å². The van der Waals surface area contributed by atoms with Crippen LogP contribution in [0.1, 0.15) is 36.8 Å². The number of fused-ring (bicyclic) bond motifs is 1. The first kappa shape index (κ1) is 30.5. The summed E-state index contributed by atoms with van der Waals surface area (Å²) in [6, 6.07) is 8.33. The highest BCUT2D eigenvalue weighted by Gasteiger charge is 2.29. The molecule has 0 radical (unpaired) electrons. The monoisotopic (exact) mass is 616 g/mol. The van der Waals surface area contributed by atoms with Gasteiger partial charge in [0.15, 0.2) is 0 Å². The van der Waals surface area contributed by atoms with Crippen LogP contribution >= 0.6 is 11.6 Å². The predicted molar refractivity (Wildman–Crippen MR) is 157 cm³/mol. The van der Waals surface area contributed by atoms with E-state index >= 15 is 0 Å². The fourth-order valence-electron chi connectivity index (χ4n) is 4.22. The maximum atomic E-state index is 13.7. The molecule has 3 aromatic heterocycles. The van der Waals surface area contributed by atoms with E-state index in [-0.39, 0.29) is 35.5 Å². The van der Waals surface area contributed by atoms with Gasteiger partial charge in [-0.2, -0.15) is 4.98 Å². The molecule has 42 heavy (non-hydrogen) atoms. The van der Waals surface area contributed by atoms with Crippen LogP contribution in [-0.2, 0) is 21.3 Å². The Balaban J connectivity index is 1.93. The van der Waals surface area contributed by atoms with Crippen LogP contribution in [-0.4, -0.2) is 66.0 Å². The van der Waals surface area contributed by atoms with Gasteiger partial charge in [0.1, 0.15) is 17.1 Å². The lowest BCUT2D eigenvalue weighted by Gasteiger charge is -2.19. The number of aromatic nitrogens is 4. The van der Waals surface area contributed by atoms with Crippen LogP contribution in [0.5, 0.6) is 11.9 Å². The molecule has 1 aromatic carbocycles. The number of methoxy groups -OCH3 is 2. The molecular formula is C27H29ClN6O7S. The van der Waals surface area contributed by atoms with E-state index in [1.54, 1.807) is 55.7 Å². The van der Waals surface area contributed by atoms with Crippen molar-refractivity contribution in [2.24, 2.45) is 0 Å². The number of nitrogens with one attached hydrogen (secondary N) is 2. The van der Waals surface area contributed by atoms with Crippen molar-refractivity contribution < 1.29 is 32.2 Å². The molecule has 2 N–H and O–H groups in total. The average molecular weight is 617 g/mol. The summed E-state index contributed by atoms with van der Waals surface area (Å²) in [6.45, 7) is 5.28. The topological polar surface area (TPSA) is 164 Å². The first-order chi connectivity index (χ1) is 19.7. The van der Waals surface area contributed by atoms with Crippen molar-refractivity contribution >= 4 is 50.3 Å². The molecule has 3 heterocycles. The number of rotatable bonds is 8. The van der Waals surface area contributed by atoms with Crippen molar-refractivity contribution in [3.63, 3.8) is 0 Å². The lowest BCUT2D eigenvalue weighted by atomic mass is 10.0. The minimum atomic E-state index is -3.96. The maximum absolute atomic E-state index is 13.7. The lowest BCUT2D eigenvalue weighted by Crippen LogP contribution is -2.31. The van der Waals surface area contributed by atoms with E-state index in [2.05, 4.69) is 25.0 Å². The Bertz CT molecular complexity index is 1780. The van der Waals surface area contributed by atoms with Crippen LogP contribution < -0.4 is 19.5 Å². The number of anilines is 1. The zero-order chi connectivity index (χ0) is 30.8. The van der Waals surface area contributed by atoms with E-state index in [1.165, 1.54) is 26.6 Å². The summed E-state index contributed by atoms with van der Waals surface area (Å²) in [4.78, 5) is 38.6. The van der Waals surface area contributed by atoms with Gasteiger partial charge >= 0.3 is 12.1 Å². The largest absolute Gasteiger partial charge is 0.480 e. The van der Waals surface area contributed by atoms with Crippen molar-refractivity contribution in [2.45, 2.75) is 32.9 Å². The van der Waals surface area contributed by atoms with Gasteiger partial charge in [0.2, 0.25) is 15.9 Å². The number of hydrogen-bond acceptors (Lipinski definition) is 10. The Morgan fingerprint density at radius 2 is 1.81 bits per heavy atom. The lowest BCUT2D eigenvalue weighted by molar-refractivity contribution is 0.0635. The van der Waals surface area contributed by atoms with Gasteiger partial charge in [0.05, 0.1) is 26.0 Å². The molecule has 2 amide bonds. The Labute approximate surface area is 247 Å². The number of carbonyl (C=O) groups excluding carboxylic acids is 2. The summed E-state index contributed by atoms with van der Waals surface area (Å²) in [5, 5.41) is 3.47. The molecule has 0 spiro atoms. The van der Waals surface area contributed by atoms with Gasteiger partial charge in [-0.05, 0) is 56.7 Å². The smallest absolute Gasteiger partial charge is 0.413 e. The molecule has 0 saturated heterocycles. The number of amides is 2. The van der Waals surface area contributed by atoms with Crippen molar-refractivity contribution in [3.05, 3.63) is 59.0 Å². The van der Waals surface area contributed by atoms with Crippen LogP contribution in [0.3, 0.4) is 0 Å². The van der Waals surface area contributed by atoms with E-state index in [9.17, 15) is 18.0 Å². The Morgan fingerprint density at radius 1 is 1.07 bits per heavy atom. The highest BCUT2D eigenvalue weighted by molar-refractivity contribution is 7.89. The summed E-state index contributed by atoms with van der Waals surface area (Å²) >= 11 is 6.37. The standard InChI is InChI=1S/C27H29ClN6O7S/c1-27(2,3)41-26(36)31-20-11-15(9-10-29-20)14-34-19-8-7-16(28)12-17(19)21(22(34)23(35)33-42(6,37)38)18-13-30-25(40-5)32-24(18)39-4/h7-13H,14H2,1-6H3,(H,33,35)(H,29,31,36). The van der Waals surface area contributed by atoms with E-state index in [0.29, 0.717) is 27.1 Å². The molecule has 0 saturated carbocycles. The summed E-state index contributed by atoms with van der Waals surface area (Å²) in [5.74, 6) is -0.602. The summed E-state index contributed by atoms with van der Waals surface area (Å²) in [5.41, 5.74) is 1.02. The van der Waals surface area contributed by atoms with Gasteiger partial charge in [-0.1, -0.05) is 11.6 Å². The molecule has 4 rings (SSSR count). The summed E-state index contributed by atoms with van der Waals surface area (Å²) in [7, 11) is -1.17. The second-order valence-corrected chi connectivity index (χ2v) is 12.3. The third-order valence-corrected chi connectivity index (χ3v) is 6.48. The number of hydrogen-bond donors (Lipinski definition) is 2. The molecule has 4 aromatic rings. The molecule has 222 valence electrons. The number of carbonyl (C=O) groups is 2. The number of halogens is 1. The summed E-state index contributed by atoms with van der Waals surface area (Å²) in [6.07, 6.45) is 3.10. The normalized spacial score (nSPS) is 11.7. The second kappa shape index (κ2) is 11.8. The number of benzene rings is 1. The fraction of sp³-hybridized carbons (Fsp3) is 0.296. The Kier molecular flexibility index (Phi) is 8.59. The van der Waals surface area contributed by atoms with Gasteiger partial charge in [0, 0.05) is 40.4 Å². The van der Waals surface area contributed by atoms with Crippen molar-refractivity contribution in [2.75, 3.05) is 25.8 Å². The van der Waals surface area contributed by atoms with E-state index in [4.69, 9.17) is 25.8 Å². The van der Waals surface area contributed by atoms with Crippen molar-refractivity contribution in [3.8, 4) is 23.0 Å². The van der Waals surface area contributed by atoms with Crippen LogP contribution in [0.4, 0.5) is 10.6 Å². The molecule has 0 unspecified atom stereocenters. The molecule has 0 fully saturated rings. The minimum Gasteiger partial charge on any atom is -0.480 e. The molecule has 0 atom stereocenters. The number of nitrogens with zero attached hydrogens (tertiary/aromatic N) is 4. The van der Waals surface area contributed by atoms with Crippen LogP contribution in [0.15, 0.2) is 42.7 Å². The number of ether oxygens (including phenoxy) is 3. The van der Waals surface area contributed by atoms with E-state index < -0.39 is 27.6 Å². The number of pyridine rings is 1. The van der Waals surface area contributed by atoms with Gasteiger partial charge in [0.25, 0.3) is 5.91 Å². The molecule has 0 bridgehead atoms. The highest BCUT2D eigenvalue weighted by Crippen LogP contribution is 2.40. The predicted octanol–water partition coefficient (Wildman–Crippen LogP) is 4.25. The fourth-order valence-corrected chi connectivity index (χ4v) is 4.83. The molecule has 0 aliphatic heterocycles. The van der Waals surface area contributed by atoms with E-state index in [0.717, 1.165) is 6.26 Å².